The normalized spacial score (nSPS) is 20.1. The van der Waals surface area contributed by atoms with E-state index in [-0.39, 0.29) is 31.4 Å². The average molecular weight is 493 g/mol. The van der Waals surface area contributed by atoms with Gasteiger partial charge in [-0.25, -0.2) is 4.39 Å². The Morgan fingerprint density at radius 3 is 2.54 bits per heavy atom. The van der Waals surface area contributed by atoms with Crippen molar-refractivity contribution in [1.29, 1.82) is 0 Å². The van der Waals surface area contributed by atoms with Crippen molar-refractivity contribution in [1.82, 2.24) is 15.1 Å². The van der Waals surface area contributed by atoms with Crippen LogP contribution in [0.2, 0.25) is 0 Å². The highest BCUT2D eigenvalue weighted by molar-refractivity contribution is 5.81. The van der Waals surface area contributed by atoms with Gasteiger partial charge < -0.3 is 29.5 Å². The summed E-state index contributed by atoms with van der Waals surface area (Å²) in [7, 11) is 3.70. The summed E-state index contributed by atoms with van der Waals surface area (Å²) >= 11 is 0. The number of ether oxygens (including phenoxy) is 2. The van der Waals surface area contributed by atoms with Crippen LogP contribution in [0, 0.1) is 5.82 Å². The number of halogens is 1. The van der Waals surface area contributed by atoms with Gasteiger partial charge in [0, 0.05) is 46.1 Å². The standard InChI is InChI=1S/C24H33FN4O6/c1-16(30)26-14-18-13-19(24(33)35-18)17-4-5-21(20(25)12-17)28-8-10-29(11-9-28)22(31)15-34-23(32)6-7-27(2)3/h4-5,12,18-19H,6-11,13-15H2,1-3H3,(H,26,30)/t18?,19-/m1/s1. The molecule has 0 spiro atoms. The second-order valence-corrected chi connectivity index (χ2v) is 9.08. The fourth-order valence-electron chi connectivity index (χ4n) is 4.12. The number of hydrogen-bond acceptors (Lipinski definition) is 8. The molecule has 0 aromatic heterocycles. The smallest absolute Gasteiger partial charge is 0.313 e. The molecule has 1 unspecified atom stereocenters. The van der Waals surface area contributed by atoms with Crippen molar-refractivity contribution < 1.29 is 33.0 Å². The second kappa shape index (κ2) is 12.0. The Hall–Kier alpha value is -3.21. The predicted molar refractivity (Wildman–Crippen MR) is 125 cm³/mol. The van der Waals surface area contributed by atoms with E-state index in [9.17, 15) is 23.6 Å². The molecule has 0 aliphatic carbocycles. The van der Waals surface area contributed by atoms with Crippen LogP contribution in [0.25, 0.3) is 0 Å². The van der Waals surface area contributed by atoms with Gasteiger partial charge in [0.2, 0.25) is 5.91 Å². The Balaban J connectivity index is 1.50. The van der Waals surface area contributed by atoms with Crippen LogP contribution in [-0.4, -0.2) is 99.6 Å². The molecule has 2 aliphatic heterocycles. The van der Waals surface area contributed by atoms with Crippen LogP contribution in [-0.2, 0) is 28.7 Å². The molecule has 2 fully saturated rings. The maximum atomic E-state index is 15.0. The summed E-state index contributed by atoms with van der Waals surface area (Å²) in [4.78, 5) is 52.7. The maximum absolute atomic E-state index is 15.0. The van der Waals surface area contributed by atoms with Gasteiger partial charge in [0.1, 0.15) is 11.9 Å². The van der Waals surface area contributed by atoms with E-state index in [1.54, 1.807) is 17.0 Å². The van der Waals surface area contributed by atoms with E-state index in [0.29, 0.717) is 50.4 Å². The lowest BCUT2D eigenvalue weighted by Crippen LogP contribution is -2.50. The minimum Gasteiger partial charge on any atom is -0.460 e. The van der Waals surface area contributed by atoms with E-state index in [2.05, 4.69) is 5.32 Å². The van der Waals surface area contributed by atoms with Crippen LogP contribution in [0.15, 0.2) is 18.2 Å². The monoisotopic (exact) mass is 492 g/mol. The molecule has 2 heterocycles. The summed E-state index contributed by atoms with van der Waals surface area (Å²) in [6, 6.07) is 4.71. The molecule has 3 rings (SSSR count). The van der Waals surface area contributed by atoms with Gasteiger partial charge in [-0.2, -0.15) is 0 Å². The molecular weight excluding hydrogens is 459 g/mol. The van der Waals surface area contributed by atoms with Crippen molar-refractivity contribution in [3.8, 4) is 0 Å². The van der Waals surface area contributed by atoms with Gasteiger partial charge in [-0.3, -0.25) is 19.2 Å². The first kappa shape index (κ1) is 26.4. The number of nitrogens with zero attached hydrogens (tertiary/aromatic N) is 3. The van der Waals surface area contributed by atoms with Gasteiger partial charge in [0.15, 0.2) is 6.61 Å². The Morgan fingerprint density at radius 1 is 1.20 bits per heavy atom. The predicted octanol–water partition coefficient (Wildman–Crippen LogP) is 0.504. The number of cyclic esters (lactones) is 1. The van der Waals surface area contributed by atoms with Crippen LogP contribution >= 0.6 is 0 Å². The summed E-state index contributed by atoms with van der Waals surface area (Å²) in [6.07, 6.45) is 0.160. The minimum absolute atomic E-state index is 0.206. The van der Waals surface area contributed by atoms with E-state index in [1.807, 2.05) is 23.9 Å². The number of piperazine rings is 1. The summed E-state index contributed by atoms with van der Waals surface area (Å²) in [5.41, 5.74) is 0.934. The number of carbonyl (C=O) groups is 4. The number of rotatable bonds is 9. The molecule has 0 saturated carbocycles. The third-order valence-corrected chi connectivity index (χ3v) is 6.11. The van der Waals surface area contributed by atoms with Crippen molar-refractivity contribution in [3.63, 3.8) is 0 Å². The number of carbonyl (C=O) groups excluding carboxylic acids is 4. The molecule has 1 aromatic carbocycles. The highest BCUT2D eigenvalue weighted by Crippen LogP contribution is 2.33. The molecule has 192 valence electrons. The number of amides is 2. The van der Waals surface area contributed by atoms with E-state index < -0.39 is 29.8 Å². The van der Waals surface area contributed by atoms with Gasteiger partial charge in [-0.15, -0.1) is 0 Å². The fourth-order valence-corrected chi connectivity index (χ4v) is 4.12. The number of esters is 2. The molecule has 1 N–H and O–H groups in total. The van der Waals surface area contributed by atoms with Crippen molar-refractivity contribution in [2.75, 3.05) is 64.9 Å². The molecule has 2 aliphatic rings. The Bertz CT molecular complexity index is 948. The molecule has 11 heteroatoms. The zero-order chi connectivity index (χ0) is 25.5. The molecule has 2 atom stereocenters. The van der Waals surface area contributed by atoms with Crippen LogP contribution in [0.1, 0.15) is 31.2 Å². The summed E-state index contributed by atoms with van der Waals surface area (Å²) in [6.45, 7) is 3.51. The molecule has 2 amide bonds. The largest absolute Gasteiger partial charge is 0.460 e. The Morgan fingerprint density at radius 2 is 1.91 bits per heavy atom. The zero-order valence-corrected chi connectivity index (χ0v) is 20.4. The maximum Gasteiger partial charge on any atom is 0.313 e. The van der Waals surface area contributed by atoms with Gasteiger partial charge >= 0.3 is 11.9 Å². The molecular formula is C24H33FN4O6. The third-order valence-electron chi connectivity index (χ3n) is 6.11. The third kappa shape index (κ3) is 7.38. The zero-order valence-electron chi connectivity index (χ0n) is 20.4. The molecule has 35 heavy (non-hydrogen) atoms. The lowest BCUT2D eigenvalue weighted by atomic mass is 9.95. The number of benzene rings is 1. The van der Waals surface area contributed by atoms with E-state index >= 15 is 0 Å². The SMILES string of the molecule is CC(=O)NCC1C[C@H](c2ccc(N3CCN(C(=O)COC(=O)CCN(C)C)CC3)c(F)c2)C(=O)O1. The molecule has 0 radical (unpaired) electrons. The van der Waals surface area contributed by atoms with Crippen LogP contribution in [0.4, 0.5) is 10.1 Å². The summed E-state index contributed by atoms with van der Waals surface area (Å²) < 4.78 is 25.3. The van der Waals surface area contributed by atoms with Crippen LogP contribution < -0.4 is 10.2 Å². The van der Waals surface area contributed by atoms with Crippen molar-refractivity contribution in [2.45, 2.75) is 31.8 Å². The first-order valence-corrected chi connectivity index (χ1v) is 11.7. The molecule has 2 saturated heterocycles. The van der Waals surface area contributed by atoms with E-state index in [0.717, 1.165) is 0 Å². The quantitative estimate of drug-likeness (QED) is 0.497. The highest BCUT2D eigenvalue weighted by atomic mass is 19.1. The van der Waals surface area contributed by atoms with Gasteiger partial charge in [0.25, 0.3) is 5.91 Å². The molecule has 1 aromatic rings. The average Bonchev–Trinajstić information content (AvgIpc) is 3.20. The highest BCUT2D eigenvalue weighted by Gasteiger charge is 2.36. The number of anilines is 1. The second-order valence-electron chi connectivity index (χ2n) is 9.08. The summed E-state index contributed by atoms with van der Waals surface area (Å²) in [5, 5.41) is 2.63. The first-order chi connectivity index (χ1) is 16.6. The first-order valence-electron chi connectivity index (χ1n) is 11.7. The Labute approximate surface area is 204 Å². The van der Waals surface area contributed by atoms with E-state index in [1.165, 1.54) is 13.0 Å². The Kier molecular flexibility index (Phi) is 9.02. The minimum atomic E-state index is -0.577. The number of nitrogens with one attached hydrogen (secondary N) is 1. The fraction of sp³-hybridized carbons (Fsp3) is 0.583. The summed E-state index contributed by atoms with van der Waals surface area (Å²) in [5.74, 6) is -2.35. The van der Waals surface area contributed by atoms with Crippen molar-refractivity contribution >= 4 is 29.4 Å². The molecule has 0 bridgehead atoms. The van der Waals surface area contributed by atoms with Gasteiger partial charge in [-0.1, -0.05) is 6.07 Å². The van der Waals surface area contributed by atoms with Gasteiger partial charge in [0.05, 0.1) is 24.6 Å². The van der Waals surface area contributed by atoms with Gasteiger partial charge in [-0.05, 0) is 31.8 Å². The van der Waals surface area contributed by atoms with Crippen molar-refractivity contribution in [3.05, 3.63) is 29.6 Å². The van der Waals surface area contributed by atoms with E-state index in [4.69, 9.17) is 9.47 Å². The molecule has 10 nitrogen and oxygen atoms in total. The lowest BCUT2D eigenvalue weighted by molar-refractivity contribution is -0.152. The van der Waals surface area contributed by atoms with Crippen LogP contribution in [0.5, 0.6) is 0 Å². The lowest BCUT2D eigenvalue weighted by Gasteiger charge is -2.36. The van der Waals surface area contributed by atoms with Crippen molar-refractivity contribution in [2.24, 2.45) is 0 Å². The number of hydrogen-bond donors (Lipinski definition) is 1. The topological polar surface area (TPSA) is 108 Å². The van der Waals surface area contributed by atoms with Crippen LogP contribution in [0.3, 0.4) is 0 Å².